The first-order valence-electron chi connectivity index (χ1n) is 6.42. The van der Waals surface area contributed by atoms with Crippen molar-refractivity contribution in [2.24, 2.45) is 0 Å². The number of methoxy groups -OCH3 is 1. The average Bonchev–Trinajstić information content (AvgIpc) is 2.45. The lowest BCUT2D eigenvalue weighted by molar-refractivity contribution is 0.178. The van der Waals surface area contributed by atoms with Gasteiger partial charge in [0, 0.05) is 45.1 Å². The third kappa shape index (κ3) is 3.89. The molecular formula is C14H19N5O. The summed E-state index contributed by atoms with van der Waals surface area (Å²) < 4.78 is 5.04. The van der Waals surface area contributed by atoms with Crippen LogP contribution in [0.2, 0.25) is 0 Å². The number of anilines is 2. The first-order chi connectivity index (χ1) is 9.69. The fourth-order valence-electron chi connectivity index (χ4n) is 1.84. The lowest BCUT2D eigenvalue weighted by Gasteiger charge is -2.18. The van der Waals surface area contributed by atoms with Gasteiger partial charge in [-0.1, -0.05) is 6.07 Å². The first kappa shape index (κ1) is 14.2. The number of hydrogen-bond acceptors (Lipinski definition) is 6. The van der Waals surface area contributed by atoms with Crippen LogP contribution in [0.5, 0.6) is 0 Å². The molecule has 0 radical (unpaired) electrons. The van der Waals surface area contributed by atoms with Gasteiger partial charge in [0.15, 0.2) is 5.82 Å². The molecule has 0 saturated carbocycles. The molecule has 2 heterocycles. The van der Waals surface area contributed by atoms with Crippen molar-refractivity contribution >= 4 is 11.6 Å². The summed E-state index contributed by atoms with van der Waals surface area (Å²) in [7, 11) is 3.58. The quantitative estimate of drug-likeness (QED) is 0.854. The molecule has 0 amide bonds. The minimum atomic E-state index is 0.353. The van der Waals surface area contributed by atoms with Crippen LogP contribution in [-0.2, 0) is 17.8 Å². The van der Waals surface area contributed by atoms with Crippen LogP contribution in [0.25, 0.3) is 0 Å². The monoisotopic (exact) mass is 273 g/mol. The van der Waals surface area contributed by atoms with Gasteiger partial charge in [-0.05, 0) is 12.1 Å². The maximum atomic E-state index is 5.79. The molecule has 0 spiro atoms. The van der Waals surface area contributed by atoms with E-state index in [0.29, 0.717) is 18.2 Å². The van der Waals surface area contributed by atoms with Crippen LogP contribution in [-0.4, -0.2) is 35.7 Å². The Bertz CT molecular complexity index is 547. The minimum absolute atomic E-state index is 0.353. The van der Waals surface area contributed by atoms with E-state index in [1.165, 1.54) is 0 Å². The summed E-state index contributed by atoms with van der Waals surface area (Å²) in [5.74, 6) is 1.83. The molecule has 20 heavy (non-hydrogen) atoms. The lowest BCUT2D eigenvalue weighted by atomic mass is 10.2. The number of pyridine rings is 1. The molecule has 6 heteroatoms. The Morgan fingerprint density at radius 2 is 2.15 bits per heavy atom. The molecule has 2 rings (SSSR count). The highest BCUT2D eigenvalue weighted by atomic mass is 16.5. The van der Waals surface area contributed by atoms with Gasteiger partial charge in [-0.15, -0.1) is 0 Å². The van der Waals surface area contributed by atoms with Crippen molar-refractivity contribution in [3.63, 3.8) is 0 Å². The van der Waals surface area contributed by atoms with E-state index in [0.717, 1.165) is 24.5 Å². The second kappa shape index (κ2) is 6.81. The molecule has 2 N–H and O–H groups in total. The molecule has 0 bridgehead atoms. The molecule has 0 aromatic carbocycles. The summed E-state index contributed by atoms with van der Waals surface area (Å²) in [6, 6.07) is 7.67. The number of likely N-dealkylation sites (N-methyl/N-ethyl adjacent to an activating group) is 1. The Labute approximate surface area is 118 Å². The van der Waals surface area contributed by atoms with Crippen molar-refractivity contribution in [1.82, 2.24) is 15.0 Å². The predicted octanol–water partition coefficient (Wildman–Crippen LogP) is 1.28. The highest BCUT2D eigenvalue weighted by Gasteiger charge is 2.07. The number of ether oxygens (including phenoxy) is 1. The van der Waals surface area contributed by atoms with Gasteiger partial charge < -0.3 is 15.4 Å². The summed E-state index contributed by atoms with van der Waals surface area (Å²) in [5.41, 5.74) is 6.84. The topological polar surface area (TPSA) is 77.2 Å². The number of aromatic nitrogens is 3. The number of hydrogen-bond donors (Lipinski definition) is 1. The van der Waals surface area contributed by atoms with E-state index < -0.39 is 0 Å². The van der Waals surface area contributed by atoms with Gasteiger partial charge in [0.05, 0.1) is 0 Å². The largest absolute Gasteiger partial charge is 0.384 e. The number of nitrogen functional groups attached to an aromatic ring is 1. The normalized spacial score (nSPS) is 10.5. The standard InChI is InChI=1S/C14H19N5O/c1-19(8-6-11-5-3-4-7-16-11)14-9-12(15)17-13(18-14)10-20-2/h3-5,7,9H,6,8,10H2,1-2H3,(H2,15,17,18). The zero-order valence-corrected chi connectivity index (χ0v) is 11.8. The molecule has 6 nitrogen and oxygen atoms in total. The minimum Gasteiger partial charge on any atom is -0.384 e. The summed E-state index contributed by atoms with van der Waals surface area (Å²) in [6.45, 7) is 1.16. The molecule has 2 aromatic heterocycles. The van der Waals surface area contributed by atoms with Crippen molar-refractivity contribution in [2.75, 3.05) is 31.3 Å². The van der Waals surface area contributed by atoms with Crippen molar-refractivity contribution in [3.8, 4) is 0 Å². The summed E-state index contributed by atoms with van der Waals surface area (Å²) >= 11 is 0. The number of nitrogens with two attached hydrogens (primary N) is 1. The Morgan fingerprint density at radius 3 is 2.85 bits per heavy atom. The molecule has 0 atom stereocenters. The van der Waals surface area contributed by atoms with E-state index in [2.05, 4.69) is 15.0 Å². The molecule has 0 aliphatic rings. The summed E-state index contributed by atoms with van der Waals surface area (Å²) in [5, 5.41) is 0. The summed E-state index contributed by atoms with van der Waals surface area (Å²) in [4.78, 5) is 14.9. The van der Waals surface area contributed by atoms with E-state index in [1.807, 2.05) is 30.1 Å². The molecular weight excluding hydrogens is 254 g/mol. The van der Waals surface area contributed by atoms with Crippen molar-refractivity contribution < 1.29 is 4.74 Å². The maximum Gasteiger partial charge on any atom is 0.158 e. The zero-order chi connectivity index (χ0) is 14.4. The Hall–Kier alpha value is -2.21. The highest BCUT2D eigenvalue weighted by molar-refractivity contribution is 5.46. The number of nitrogens with zero attached hydrogens (tertiary/aromatic N) is 4. The predicted molar refractivity (Wildman–Crippen MR) is 78.4 cm³/mol. The van der Waals surface area contributed by atoms with Crippen LogP contribution in [0.3, 0.4) is 0 Å². The second-order valence-electron chi connectivity index (χ2n) is 4.49. The Kier molecular flexibility index (Phi) is 4.84. The fourth-order valence-corrected chi connectivity index (χ4v) is 1.84. The number of rotatable bonds is 6. The molecule has 0 saturated heterocycles. The average molecular weight is 273 g/mol. The van der Waals surface area contributed by atoms with E-state index >= 15 is 0 Å². The molecule has 2 aromatic rings. The zero-order valence-electron chi connectivity index (χ0n) is 11.8. The highest BCUT2D eigenvalue weighted by Crippen LogP contribution is 2.13. The first-order valence-corrected chi connectivity index (χ1v) is 6.42. The smallest absolute Gasteiger partial charge is 0.158 e. The summed E-state index contributed by atoms with van der Waals surface area (Å²) in [6.07, 6.45) is 2.65. The van der Waals surface area contributed by atoms with Gasteiger partial charge in [-0.2, -0.15) is 0 Å². The van der Waals surface area contributed by atoms with Gasteiger partial charge in [0.2, 0.25) is 0 Å². The lowest BCUT2D eigenvalue weighted by Crippen LogP contribution is -2.22. The second-order valence-corrected chi connectivity index (χ2v) is 4.49. The molecule has 106 valence electrons. The van der Waals surface area contributed by atoms with Crippen LogP contribution >= 0.6 is 0 Å². The van der Waals surface area contributed by atoms with Crippen LogP contribution in [0.4, 0.5) is 11.6 Å². The van der Waals surface area contributed by atoms with Crippen LogP contribution in [0.1, 0.15) is 11.5 Å². The third-order valence-electron chi connectivity index (χ3n) is 2.87. The SMILES string of the molecule is COCc1nc(N)cc(N(C)CCc2ccccn2)n1. The van der Waals surface area contributed by atoms with Crippen molar-refractivity contribution in [2.45, 2.75) is 13.0 Å². The molecule has 0 fully saturated rings. The molecule has 0 aliphatic heterocycles. The van der Waals surface area contributed by atoms with Crippen LogP contribution in [0.15, 0.2) is 30.5 Å². The Morgan fingerprint density at radius 1 is 1.30 bits per heavy atom. The third-order valence-corrected chi connectivity index (χ3v) is 2.87. The van der Waals surface area contributed by atoms with Crippen LogP contribution in [0, 0.1) is 0 Å². The molecule has 0 unspecified atom stereocenters. The van der Waals surface area contributed by atoms with Crippen molar-refractivity contribution in [3.05, 3.63) is 42.0 Å². The van der Waals surface area contributed by atoms with E-state index in [-0.39, 0.29) is 0 Å². The molecule has 0 aliphatic carbocycles. The van der Waals surface area contributed by atoms with Crippen LogP contribution < -0.4 is 10.6 Å². The fraction of sp³-hybridized carbons (Fsp3) is 0.357. The van der Waals surface area contributed by atoms with Gasteiger partial charge in [0.1, 0.15) is 18.2 Å². The van der Waals surface area contributed by atoms with Gasteiger partial charge >= 0.3 is 0 Å². The van der Waals surface area contributed by atoms with E-state index in [4.69, 9.17) is 10.5 Å². The van der Waals surface area contributed by atoms with Gasteiger partial charge in [-0.25, -0.2) is 9.97 Å². The maximum absolute atomic E-state index is 5.79. The van der Waals surface area contributed by atoms with Gasteiger partial charge in [0.25, 0.3) is 0 Å². The van der Waals surface area contributed by atoms with Gasteiger partial charge in [-0.3, -0.25) is 4.98 Å². The van der Waals surface area contributed by atoms with E-state index in [1.54, 1.807) is 19.4 Å². The van der Waals surface area contributed by atoms with E-state index in [9.17, 15) is 0 Å². The van der Waals surface area contributed by atoms with Crippen molar-refractivity contribution in [1.29, 1.82) is 0 Å². The Balaban J connectivity index is 2.03.